The third-order valence-electron chi connectivity index (χ3n) is 5.99. The number of ether oxygens (including phenoxy) is 1. The van der Waals surface area contributed by atoms with Crippen molar-refractivity contribution in [3.8, 4) is 11.5 Å². The van der Waals surface area contributed by atoms with E-state index in [9.17, 15) is 19.8 Å². The number of esters is 1. The Hall–Kier alpha value is -3.00. The molecular formula is C26H33ClN2O6. The van der Waals surface area contributed by atoms with Crippen LogP contribution >= 0.6 is 11.6 Å². The number of rotatable bonds is 3. The molecular weight excluding hydrogens is 472 g/mol. The fourth-order valence-corrected chi connectivity index (χ4v) is 4.27. The van der Waals surface area contributed by atoms with Crippen LogP contribution in [0, 0.1) is 5.92 Å². The SMILES string of the molecule is CC1/C=C/CCCOC(=O)c2c(O)cc(O)c(Cl)c2CC(=N/OCC(=O)N2CCCCC2)/C=C/C1. The number of phenols is 2. The van der Waals surface area contributed by atoms with Crippen LogP contribution in [-0.2, 0) is 20.8 Å². The first-order chi connectivity index (χ1) is 16.9. The zero-order chi connectivity index (χ0) is 25.2. The van der Waals surface area contributed by atoms with E-state index in [1.165, 1.54) is 0 Å². The summed E-state index contributed by atoms with van der Waals surface area (Å²) in [6.45, 7) is 3.49. The van der Waals surface area contributed by atoms with Gasteiger partial charge in [0, 0.05) is 25.6 Å². The Bertz CT molecular complexity index is 998. The molecule has 0 saturated carbocycles. The Morgan fingerprint density at radius 2 is 1.97 bits per heavy atom. The van der Waals surface area contributed by atoms with Gasteiger partial charge in [0.15, 0.2) is 6.61 Å². The number of oxime groups is 1. The lowest BCUT2D eigenvalue weighted by atomic mass is 9.99. The van der Waals surface area contributed by atoms with Gasteiger partial charge < -0.3 is 24.7 Å². The van der Waals surface area contributed by atoms with Crippen molar-refractivity contribution < 1.29 is 29.4 Å². The molecule has 0 spiro atoms. The third kappa shape index (κ3) is 7.75. The maximum absolute atomic E-state index is 12.8. The van der Waals surface area contributed by atoms with Crippen molar-refractivity contribution in [1.82, 2.24) is 4.90 Å². The van der Waals surface area contributed by atoms with E-state index < -0.39 is 11.7 Å². The number of amides is 1. The number of fused-ring (bicyclic) bond motifs is 1. The first kappa shape index (κ1) is 26.6. The van der Waals surface area contributed by atoms with Gasteiger partial charge in [-0.1, -0.05) is 41.9 Å². The Labute approximate surface area is 210 Å². The molecule has 1 saturated heterocycles. The number of carbonyl (C=O) groups excluding carboxylic acids is 2. The molecule has 0 radical (unpaired) electrons. The molecule has 0 aliphatic carbocycles. The van der Waals surface area contributed by atoms with Gasteiger partial charge in [-0.25, -0.2) is 4.79 Å². The molecule has 1 aromatic rings. The molecule has 2 heterocycles. The molecule has 1 amide bonds. The van der Waals surface area contributed by atoms with Crippen LogP contribution in [0.3, 0.4) is 0 Å². The van der Waals surface area contributed by atoms with Crippen LogP contribution in [0.5, 0.6) is 11.5 Å². The van der Waals surface area contributed by atoms with Crippen LogP contribution in [0.1, 0.15) is 61.4 Å². The molecule has 1 aromatic carbocycles. The van der Waals surface area contributed by atoms with Crippen LogP contribution in [0.4, 0.5) is 0 Å². The van der Waals surface area contributed by atoms with Crippen molar-refractivity contribution in [1.29, 1.82) is 0 Å². The number of likely N-dealkylation sites (tertiary alicyclic amines) is 1. The van der Waals surface area contributed by atoms with Gasteiger partial charge in [0.05, 0.1) is 17.3 Å². The minimum atomic E-state index is -0.740. The molecule has 3 rings (SSSR count). The van der Waals surface area contributed by atoms with E-state index in [1.54, 1.807) is 11.0 Å². The summed E-state index contributed by atoms with van der Waals surface area (Å²) in [5.74, 6) is -1.39. The average molecular weight is 505 g/mol. The number of phenolic OH excluding ortho intramolecular Hbond substituents is 2. The van der Waals surface area contributed by atoms with Gasteiger partial charge in [-0.15, -0.1) is 0 Å². The van der Waals surface area contributed by atoms with Crippen LogP contribution in [0.15, 0.2) is 35.5 Å². The summed E-state index contributed by atoms with van der Waals surface area (Å²) in [5, 5.41) is 24.7. The smallest absolute Gasteiger partial charge is 0.342 e. The van der Waals surface area contributed by atoms with E-state index in [2.05, 4.69) is 24.2 Å². The predicted molar refractivity (Wildman–Crippen MR) is 134 cm³/mol. The number of cyclic esters (lactones) is 1. The summed E-state index contributed by atoms with van der Waals surface area (Å²) >= 11 is 6.34. The molecule has 0 aromatic heterocycles. The van der Waals surface area contributed by atoms with Crippen LogP contribution in [0.2, 0.25) is 5.02 Å². The second-order valence-corrected chi connectivity index (χ2v) is 9.26. The lowest BCUT2D eigenvalue weighted by molar-refractivity contribution is -0.137. The number of hydrogen-bond acceptors (Lipinski definition) is 7. The van der Waals surface area contributed by atoms with E-state index in [0.29, 0.717) is 25.2 Å². The quantitative estimate of drug-likeness (QED) is 0.349. The van der Waals surface area contributed by atoms with Gasteiger partial charge in [0.1, 0.15) is 17.1 Å². The van der Waals surface area contributed by atoms with Gasteiger partial charge in [0.25, 0.3) is 5.91 Å². The van der Waals surface area contributed by atoms with E-state index in [0.717, 1.165) is 38.2 Å². The third-order valence-corrected chi connectivity index (χ3v) is 6.41. The number of allylic oxidation sites excluding steroid dienone is 4. The maximum Gasteiger partial charge on any atom is 0.342 e. The molecule has 2 aliphatic rings. The summed E-state index contributed by atoms with van der Waals surface area (Å²) in [6.07, 6.45) is 13.0. The molecule has 190 valence electrons. The topological polar surface area (TPSA) is 109 Å². The largest absolute Gasteiger partial charge is 0.507 e. The van der Waals surface area contributed by atoms with Gasteiger partial charge >= 0.3 is 5.97 Å². The highest BCUT2D eigenvalue weighted by Gasteiger charge is 2.25. The van der Waals surface area contributed by atoms with Crippen LogP contribution < -0.4 is 0 Å². The fourth-order valence-electron chi connectivity index (χ4n) is 4.05. The van der Waals surface area contributed by atoms with Crippen molar-refractivity contribution in [2.24, 2.45) is 11.1 Å². The summed E-state index contributed by atoms with van der Waals surface area (Å²) in [5.41, 5.74) is 0.421. The Morgan fingerprint density at radius 3 is 2.74 bits per heavy atom. The fraction of sp³-hybridized carbons (Fsp3) is 0.500. The maximum atomic E-state index is 12.8. The molecule has 35 heavy (non-hydrogen) atoms. The number of hydrogen-bond donors (Lipinski definition) is 2. The van der Waals surface area contributed by atoms with E-state index in [1.807, 2.05) is 6.08 Å². The zero-order valence-electron chi connectivity index (χ0n) is 20.0. The Kier molecular flexibility index (Phi) is 10.0. The minimum Gasteiger partial charge on any atom is -0.507 e. The molecule has 9 heteroatoms. The van der Waals surface area contributed by atoms with Crippen molar-refractivity contribution in [2.45, 2.75) is 51.9 Å². The number of carbonyl (C=O) groups is 2. The number of halogens is 1. The van der Waals surface area contributed by atoms with Crippen molar-refractivity contribution >= 4 is 29.2 Å². The molecule has 2 N–H and O–H groups in total. The lowest BCUT2D eigenvalue weighted by Crippen LogP contribution is -2.37. The Morgan fingerprint density at radius 1 is 1.20 bits per heavy atom. The summed E-state index contributed by atoms with van der Waals surface area (Å²) < 4.78 is 5.35. The van der Waals surface area contributed by atoms with Gasteiger partial charge in [0.2, 0.25) is 0 Å². The van der Waals surface area contributed by atoms with E-state index in [4.69, 9.17) is 21.2 Å². The van der Waals surface area contributed by atoms with Gasteiger partial charge in [-0.3, -0.25) is 4.79 Å². The second kappa shape index (κ2) is 13.2. The summed E-state index contributed by atoms with van der Waals surface area (Å²) in [7, 11) is 0. The zero-order valence-corrected chi connectivity index (χ0v) is 20.8. The molecule has 8 nitrogen and oxygen atoms in total. The number of nitrogens with zero attached hydrogens (tertiary/aromatic N) is 2. The Balaban J connectivity index is 1.88. The number of piperidine rings is 1. The van der Waals surface area contributed by atoms with Crippen LogP contribution in [-0.4, -0.2) is 59.0 Å². The lowest BCUT2D eigenvalue weighted by Gasteiger charge is -2.26. The first-order valence-electron chi connectivity index (χ1n) is 12.1. The summed E-state index contributed by atoms with van der Waals surface area (Å²) in [6, 6.07) is 1.02. The number of aromatic hydroxyl groups is 2. The molecule has 1 unspecified atom stereocenters. The van der Waals surface area contributed by atoms with Crippen molar-refractivity contribution in [3.05, 3.63) is 46.5 Å². The van der Waals surface area contributed by atoms with E-state index >= 15 is 0 Å². The van der Waals surface area contributed by atoms with Crippen molar-refractivity contribution in [3.63, 3.8) is 0 Å². The second-order valence-electron chi connectivity index (χ2n) is 8.88. The standard InChI is InChI=1S/C26H33ClN2O6/c1-18-9-4-2-7-14-34-26(33)24-20(25(27)22(31)16-21(24)30)15-19(11-8-10-18)28-35-17-23(32)29-12-5-3-6-13-29/h4,8-9,11,16,18,30-31H,2-3,5-7,10,12-15,17H2,1H3/b9-4+,11-8+,28-19+. The molecule has 1 atom stereocenters. The highest BCUT2D eigenvalue weighted by atomic mass is 35.5. The molecule has 0 bridgehead atoms. The monoisotopic (exact) mass is 504 g/mol. The highest BCUT2D eigenvalue weighted by molar-refractivity contribution is 6.33. The van der Waals surface area contributed by atoms with Crippen LogP contribution in [0.25, 0.3) is 0 Å². The highest BCUT2D eigenvalue weighted by Crippen LogP contribution is 2.37. The normalized spacial score (nSPS) is 22.9. The molecule has 1 fully saturated rings. The molecule has 2 aliphatic heterocycles. The summed E-state index contributed by atoms with van der Waals surface area (Å²) in [4.78, 5) is 32.4. The first-order valence-corrected chi connectivity index (χ1v) is 12.4. The van der Waals surface area contributed by atoms with E-state index in [-0.39, 0.29) is 53.4 Å². The van der Waals surface area contributed by atoms with Crippen molar-refractivity contribution in [2.75, 3.05) is 26.3 Å². The average Bonchev–Trinajstić information content (AvgIpc) is 2.84. The van der Waals surface area contributed by atoms with Gasteiger partial charge in [-0.2, -0.15) is 0 Å². The predicted octanol–water partition coefficient (Wildman–Crippen LogP) is 4.77. The number of benzene rings is 1. The minimum absolute atomic E-state index is 0.0240. The van der Waals surface area contributed by atoms with Gasteiger partial charge in [-0.05, 0) is 56.1 Å².